The molecule has 13 heavy (non-hydrogen) atoms. The van der Waals surface area contributed by atoms with Gasteiger partial charge in [-0.1, -0.05) is 13.0 Å². The number of rotatable bonds is 6. The van der Waals surface area contributed by atoms with Crippen molar-refractivity contribution in [2.24, 2.45) is 0 Å². The summed E-state index contributed by atoms with van der Waals surface area (Å²) in [4.78, 5) is 16.8. The molecule has 0 saturated heterocycles. The van der Waals surface area contributed by atoms with E-state index >= 15 is 0 Å². The van der Waals surface area contributed by atoms with E-state index < -0.39 is 7.82 Å². The Labute approximate surface area is 77.6 Å². The predicted octanol–water partition coefficient (Wildman–Crippen LogP) is 1.42. The number of hydrogen-bond acceptors (Lipinski definition) is 3. The van der Waals surface area contributed by atoms with Crippen LogP contribution in [-0.4, -0.2) is 22.5 Å². The first-order chi connectivity index (χ1) is 5.99. The Morgan fingerprint density at radius 2 is 2.15 bits per heavy atom. The smallest absolute Gasteiger partial charge is 0.469 e. The molecule has 0 saturated carbocycles. The molecule has 78 valence electrons. The maximum atomic E-state index is 10.3. The van der Waals surface area contributed by atoms with Crippen LogP contribution in [0.5, 0.6) is 0 Å². The molecule has 0 aliphatic heterocycles. The third-order valence-corrected chi connectivity index (χ3v) is 1.78. The quantitative estimate of drug-likeness (QED) is 0.512. The molecule has 0 aliphatic rings. The Morgan fingerprint density at radius 1 is 1.54 bits per heavy atom. The van der Waals surface area contributed by atoms with Crippen molar-refractivity contribution in [3.63, 3.8) is 0 Å². The van der Waals surface area contributed by atoms with E-state index in [1.807, 2.05) is 6.92 Å². The second-order valence-corrected chi connectivity index (χ2v) is 3.66. The Morgan fingerprint density at radius 3 is 2.54 bits per heavy atom. The van der Waals surface area contributed by atoms with Crippen LogP contribution in [0.3, 0.4) is 0 Å². The van der Waals surface area contributed by atoms with Crippen molar-refractivity contribution >= 4 is 7.82 Å². The normalized spacial score (nSPS) is 14.8. The topological polar surface area (TPSA) is 76.0 Å². The maximum absolute atomic E-state index is 10.3. The van der Waals surface area contributed by atoms with E-state index in [2.05, 4.69) is 4.52 Å². The molecule has 6 heteroatoms. The van der Waals surface area contributed by atoms with Gasteiger partial charge in [-0.25, -0.2) is 4.57 Å². The molecule has 0 spiro atoms. The zero-order chi connectivity index (χ0) is 10.3. The first-order valence-electron chi connectivity index (χ1n) is 3.96. The molecule has 1 unspecified atom stereocenters. The second kappa shape index (κ2) is 6.16. The third kappa shape index (κ3) is 7.99. The highest BCUT2D eigenvalue weighted by Gasteiger charge is 2.17. The molecule has 0 aliphatic carbocycles. The average molecular weight is 210 g/mol. The monoisotopic (exact) mass is 210 g/mol. The maximum Gasteiger partial charge on any atom is 0.469 e. The van der Waals surface area contributed by atoms with E-state index in [1.165, 1.54) is 6.26 Å². The molecule has 0 bridgehead atoms. The molecule has 0 radical (unpaired) electrons. The van der Waals surface area contributed by atoms with Crippen molar-refractivity contribution in [3.8, 4) is 0 Å². The third-order valence-electron chi connectivity index (χ3n) is 1.29. The van der Waals surface area contributed by atoms with Crippen LogP contribution in [-0.2, 0) is 13.8 Å². The van der Waals surface area contributed by atoms with Gasteiger partial charge in [0, 0.05) is 0 Å². The minimum Gasteiger partial charge on any atom is -0.496 e. The molecule has 0 amide bonds. The number of ether oxygens (including phenoxy) is 1. The fourth-order valence-corrected chi connectivity index (χ4v) is 0.984. The molecular formula is C7H15O5P. The van der Waals surface area contributed by atoms with E-state index in [9.17, 15) is 4.57 Å². The summed E-state index contributed by atoms with van der Waals surface area (Å²) in [6.45, 7) is 3.53. The van der Waals surface area contributed by atoms with Crippen LogP contribution in [0.1, 0.15) is 20.3 Å². The van der Waals surface area contributed by atoms with Crippen molar-refractivity contribution in [1.29, 1.82) is 0 Å². The number of hydrogen-bond donors (Lipinski definition) is 2. The minimum absolute atomic E-state index is 0.106. The molecule has 0 aromatic rings. The van der Waals surface area contributed by atoms with E-state index in [0.29, 0.717) is 6.42 Å². The molecule has 0 fully saturated rings. The Hall–Kier alpha value is -0.350. The van der Waals surface area contributed by atoms with Crippen LogP contribution >= 0.6 is 7.82 Å². The summed E-state index contributed by atoms with van der Waals surface area (Å²) in [7, 11) is -4.37. The Balaban J connectivity index is 3.78. The van der Waals surface area contributed by atoms with Crippen LogP contribution in [0.25, 0.3) is 0 Å². The summed E-state index contributed by atoms with van der Waals surface area (Å²) in [5.41, 5.74) is 0. The van der Waals surface area contributed by atoms with Crippen LogP contribution in [0.15, 0.2) is 12.3 Å². The van der Waals surface area contributed by atoms with Gasteiger partial charge in [0.25, 0.3) is 0 Å². The first-order valence-corrected chi connectivity index (χ1v) is 5.49. The van der Waals surface area contributed by atoms with Gasteiger partial charge in [-0.05, 0) is 13.3 Å². The lowest BCUT2D eigenvalue weighted by atomic mass is 10.3. The van der Waals surface area contributed by atoms with Crippen LogP contribution in [0, 0.1) is 0 Å². The lowest BCUT2D eigenvalue weighted by Crippen LogP contribution is -2.15. The highest BCUT2D eigenvalue weighted by molar-refractivity contribution is 7.46. The molecule has 1 atom stereocenters. The number of phosphoric acid groups is 1. The standard InChI is InChI=1S/C7H15O5P/c1-3-5-11-7(4-2)6-12-13(8,9)10/h3,5,7H,4,6H2,1-2H3,(H2,8,9,10). The van der Waals surface area contributed by atoms with Gasteiger partial charge >= 0.3 is 7.82 Å². The number of phosphoric ester groups is 1. The second-order valence-electron chi connectivity index (χ2n) is 2.42. The van der Waals surface area contributed by atoms with Gasteiger partial charge in [-0.2, -0.15) is 0 Å². The molecule has 0 aromatic heterocycles. The van der Waals surface area contributed by atoms with Gasteiger partial charge < -0.3 is 14.5 Å². The van der Waals surface area contributed by atoms with Gasteiger partial charge in [0.2, 0.25) is 0 Å². The molecule has 0 heterocycles. The van der Waals surface area contributed by atoms with Crippen LogP contribution in [0.4, 0.5) is 0 Å². The lowest BCUT2D eigenvalue weighted by Gasteiger charge is -2.14. The van der Waals surface area contributed by atoms with Crippen molar-refractivity contribution in [1.82, 2.24) is 0 Å². The fourth-order valence-electron chi connectivity index (χ4n) is 0.623. The van der Waals surface area contributed by atoms with Crippen molar-refractivity contribution in [2.75, 3.05) is 6.61 Å². The minimum atomic E-state index is -4.37. The van der Waals surface area contributed by atoms with E-state index in [-0.39, 0.29) is 12.7 Å². The van der Waals surface area contributed by atoms with Gasteiger partial charge in [0.1, 0.15) is 6.10 Å². The van der Waals surface area contributed by atoms with Crippen molar-refractivity contribution < 1.29 is 23.6 Å². The van der Waals surface area contributed by atoms with Gasteiger partial charge in [-0.3, -0.25) is 4.52 Å². The van der Waals surface area contributed by atoms with Gasteiger partial charge in [-0.15, -0.1) is 0 Å². The SMILES string of the molecule is CC=COC(CC)COP(=O)(O)O. The van der Waals surface area contributed by atoms with Crippen molar-refractivity contribution in [2.45, 2.75) is 26.4 Å². The molecule has 0 aromatic carbocycles. The summed E-state index contributed by atoms with van der Waals surface area (Å²) >= 11 is 0. The van der Waals surface area contributed by atoms with Crippen molar-refractivity contribution in [3.05, 3.63) is 12.3 Å². The first kappa shape index (κ1) is 12.7. The van der Waals surface area contributed by atoms with E-state index in [0.717, 1.165) is 0 Å². The molecular weight excluding hydrogens is 195 g/mol. The summed E-state index contributed by atoms with van der Waals surface area (Å²) < 4.78 is 19.7. The summed E-state index contributed by atoms with van der Waals surface area (Å²) in [6, 6.07) is 0. The summed E-state index contributed by atoms with van der Waals surface area (Å²) in [5, 5.41) is 0. The van der Waals surface area contributed by atoms with E-state index in [4.69, 9.17) is 14.5 Å². The summed E-state index contributed by atoms with van der Waals surface area (Å²) in [6.07, 6.45) is 3.48. The highest BCUT2D eigenvalue weighted by Crippen LogP contribution is 2.35. The number of allylic oxidation sites excluding steroid dienone is 1. The molecule has 0 rings (SSSR count). The average Bonchev–Trinajstić information content (AvgIpc) is 2.03. The zero-order valence-electron chi connectivity index (χ0n) is 7.71. The Kier molecular flexibility index (Phi) is 5.99. The zero-order valence-corrected chi connectivity index (χ0v) is 8.61. The van der Waals surface area contributed by atoms with Crippen LogP contribution in [0.2, 0.25) is 0 Å². The van der Waals surface area contributed by atoms with Gasteiger partial charge in [0.05, 0.1) is 12.9 Å². The summed E-state index contributed by atoms with van der Waals surface area (Å²) in [5.74, 6) is 0. The molecule has 2 N–H and O–H groups in total. The highest BCUT2D eigenvalue weighted by atomic mass is 31.2. The lowest BCUT2D eigenvalue weighted by molar-refractivity contribution is 0.0682. The Bertz CT molecular complexity index is 197. The van der Waals surface area contributed by atoms with Gasteiger partial charge in [0.15, 0.2) is 0 Å². The van der Waals surface area contributed by atoms with Crippen LogP contribution < -0.4 is 0 Å². The fraction of sp³-hybridized carbons (Fsp3) is 0.714. The predicted molar refractivity (Wildman–Crippen MR) is 48.0 cm³/mol. The van der Waals surface area contributed by atoms with E-state index in [1.54, 1.807) is 13.0 Å². The molecule has 5 nitrogen and oxygen atoms in total. The largest absolute Gasteiger partial charge is 0.496 e.